The summed E-state index contributed by atoms with van der Waals surface area (Å²) in [5.41, 5.74) is 6.27. The zero-order chi connectivity index (χ0) is 10.1. The monoisotopic (exact) mass is 197 g/mol. The first-order valence-electron chi connectivity index (χ1n) is 4.54. The van der Waals surface area contributed by atoms with Gasteiger partial charge in [0.1, 0.15) is 11.6 Å². The molecule has 2 atom stereocenters. The lowest BCUT2D eigenvalue weighted by atomic mass is 10.0. The summed E-state index contributed by atoms with van der Waals surface area (Å²) < 4.78 is 18.1. The van der Waals surface area contributed by atoms with Gasteiger partial charge in [-0.05, 0) is 18.6 Å². The van der Waals surface area contributed by atoms with Gasteiger partial charge >= 0.3 is 0 Å². The summed E-state index contributed by atoms with van der Waals surface area (Å²) >= 11 is 0. The van der Waals surface area contributed by atoms with Gasteiger partial charge in [0, 0.05) is 17.7 Å². The van der Waals surface area contributed by atoms with Crippen molar-refractivity contribution in [2.24, 2.45) is 5.73 Å². The van der Waals surface area contributed by atoms with Crippen molar-refractivity contribution >= 4 is 0 Å². The van der Waals surface area contributed by atoms with Crippen LogP contribution in [0.15, 0.2) is 18.2 Å². The molecular weight excluding hydrogens is 185 g/mol. The summed E-state index contributed by atoms with van der Waals surface area (Å²) in [5.74, 6) is 0.0249. The number of aliphatic hydroxyl groups is 1. The number of aliphatic hydroxyl groups excluding tert-OH is 1. The Morgan fingerprint density at radius 3 is 3.07 bits per heavy atom. The third kappa shape index (κ3) is 1.58. The molecule has 0 aliphatic carbocycles. The second-order valence-corrected chi connectivity index (χ2v) is 3.43. The summed E-state index contributed by atoms with van der Waals surface area (Å²) in [6, 6.07) is 3.74. The quantitative estimate of drug-likeness (QED) is 0.651. The number of benzene rings is 1. The Bertz CT molecular complexity index is 343. The Balaban J connectivity index is 2.43. The molecule has 0 spiro atoms. The van der Waals surface area contributed by atoms with Gasteiger partial charge in [-0.2, -0.15) is 0 Å². The fourth-order valence-corrected chi connectivity index (χ4v) is 1.57. The molecule has 3 N–H and O–H groups in total. The van der Waals surface area contributed by atoms with E-state index in [1.54, 1.807) is 0 Å². The van der Waals surface area contributed by atoms with Crippen molar-refractivity contribution in [3.63, 3.8) is 0 Å². The molecule has 2 unspecified atom stereocenters. The Morgan fingerprint density at radius 2 is 2.29 bits per heavy atom. The minimum atomic E-state index is -0.770. The van der Waals surface area contributed by atoms with Crippen molar-refractivity contribution in [1.29, 1.82) is 0 Å². The van der Waals surface area contributed by atoms with E-state index in [2.05, 4.69) is 0 Å². The van der Waals surface area contributed by atoms with Gasteiger partial charge in [-0.1, -0.05) is 0 Å². The number of fused-ring (bicyclic) bond motifs is 1. The highest BCUT2D eigenvalue weighted by atomic mass is 19.1. The van der Waals surface area contributed by atoms with E-state index in [0.29, 0.717) is 24.3 Å². The number of halogens is 1. The first-order valence-corrected chi connectivity index (χ1v) is 4.54. The highest BCUT2D eigenvalue weighted by Gasteiger charge is 2.24. The van der Waals surface area contributed by atoms with Crippen LogP contribution in [0.1, 0.15) is 18.1 Å². The minimum Gasteiger partial charge on any atom is -0.493 e. The SMILES string of the molecule is NC1CCOc2cc(F)ccc2C1O. The highest BCUT2D eigenvalue weighted by molar-refractivity contribution is 5.37. The molecule has 0 fully saturated rings. The van der Waals surface area contributed by atoms with Gasteiger partial charge in [0.05, 0.1) is 12.7 Å². The van der Waals surface area contributed by atoms with Crippen molar-refractivity contribution in [3.05, 3.63) is 29.6 Å². The third-order valence-electron chi connectivity index (χ3n) is 2.41. The molecule has 0 radical (unpaired) electrons. The fraction of sp³-hybridized carbons (Fsp3) is 0.400. The van der Waals surface area contributed by atoms with Crippen molar-refractivity contribution in [2.45, 2.75) is 18.6 Å². The normalized spacial score (nSPS) is 26.2. The number of ether oxygens (including phenoxy) is 1. The molecule has 1 heterocycles. The number of hydrogen-bond donors (Lipinski definition) is 2. The van der Waals surface area contributed by atoms with Crippen LogP contribution in [0.5, 0.6) is 5.75 Å². The minimum absolute atomic E-state index is 0.346. The fourth-order valence-electron chi connectivity index (χ4n) is 1.57. The Morgan fingerprint density at radius 1 is 1.50 bits per heavy atom. The number of hydrogen-bond acceptors (Lipinski definition) is 3. The Hall–Kier alpha value is -1.13. The predicted molar refractivity (Wildman–Crippen MR) is 49.4 cm³/mol. The Kier molecular flexibility index (Phi) is 2.39. The second kappa shape index (κ2) is 3.55. The van der Waals surface area contributed by atoms with Gasteiger partial charge in [-0.3, -0.25) is 0 Å². The van der Waals surface area contributed by atoms with Gasteiger partial charge in [0.25, 0.3) is 0 Å². The van der Waals surface area contributed by atoms with Crippen LogP contribution < -0.4 is 10.5 Å². The third-order valence-corrected chi connectivity index (χ3v) is 2.41. The van der Waals surface area contributed by atoms with E-state index < -0.39 is 6.10 Å². The predicted octanol–water partition coefficient (Wildman–Crippen LogP) is 0.969. The van der Waals surface area contributed by atoms with E-state index >= 15 is 0 Å². The van der Waals surface area contributed by atoms with Crippen LogP contribution in [0.2, 0.25) is 0 Å². The van der Waals surface area contributed by atoms with Crippen LogP contribution in [0.4, 0.5) is 4.39 Å². The average molecular weight is 197 g/mol. The van der Waals surface area contributed by atoms with Crippen molar-refractivity contribution < 1.29 is 14.2 Å². The molecule has 0 amide bonds. The summed E-state index contributed by atoms with van der Waals surface area (Å²) in [6.07, 6.45) is -0.203. The molecule has 1 aliphatic heterocycles. The van der Waals surface area contributed by atoms with Crippen LogP contribution in [0.25, 0.3) is 0 Å². The van der Waals surface area contributed by atoms with E-state index in [1.807, 2.05) is 0 Å². The van der Waals surface area contributed by atoms with E-state index in [1.165, 1.54) is 18.2 Å². The lowest BCUT2D eigenvalue weighted by molar-refractivity contribution is 0.144. The van der Waals surface area contributed by atoms with E-state index in [-0.39, 0.29) is 11.9 Å². The van der Waals surface area contributed by atoms with Crippen LogP contribution in [-0.2, 0) is 0 Å². The molecule has 2 rings (SSSR count). The standard InChI is InChI=1S/C10H12FNO2/c11-6-1-2-7-9(5-6)14-4-3-8(12)10(7)13/h1-2,5,8,10,13H,3-4,12H2. The molecule has 3 nitrogen and oxygen atoms in total. The second-order valence-electron chi connectivity index (χ2n) is 3.43. The maximum atomic E-state index is 12.9. The van der Waals surface area contributed by atoms with Crippen LogP contribution in [0.3, 0.4) is 0 Å². The maximum Gasteiger partial charge on any atom is 0.128 e. The molecule has 1 aromatic rings. The molecule has 0 bridgehead atoms. The van der Waals surface area contributed by atoms with Crippen molar-refractivity contribution in [3.8, 4) is 5.75 Å². The molecule has 0 saturated heterocycles. The van der Waals surface area contributed by atoms with Crippen molar-refractivity contribution in [2.75, 3.05) is 6.61 Å². The molecule has 0 aromatic heterocycles. The molecule has 76 valence electrons. The summed E-state index contributed by atoms with van der Waals surface area (Å²) in [4.78, 5) is 0. The molecule has 4 heteroatoms. The topological polar surface area (TPSA) is 55.5 Å². The summed E-state index contributed by atoms with van der Waals surface area (Å²) in [5, 5.41) is 9.77. The van der Waals surface area contributed by atoms with Crippen LogP contribution >= 0.6 is 0 Å². The first kappa shape index (κ1) is 9.43. The molecule has 0 saturated carbocycles. The summed E-state index contributed by atoms with van der Waals surface area (Å²) in [7, 11) is 0. The largest absolute Gasteiger partial charge is 0.493 e. The molecular formula is C10H12FNO2. The van der Waals surface area contributed by atoms with Gasteiger partial charge in [-0.15, -0.1) is 0 Å². The first-order chi connectivity index (χ1) is 6.68. The van der Waals surface area contributed by atoms with Gasteiger partial charge < -0.3 is 15.6 Å². The van der Waals surface area contributed by atoms with Crippen LogP contribution in [-0.4, -0.2) is 17.8 Å². The number of rotatable bonds is 0. The van der Waals surface area contributed by atoms with E-state index in [0.717, 1.165) is 0 Å². The Labute approximate surface area is 81.3 Å². The summed E-state index contributed by atoms with van der Waals surface area (Å²) in [6.45, 7) is 0.411. The van der Waals surface area contributed by atoms with E-state index in [9.17, 15) is 9.50 Å². The molecule has 1 aliphatic rings. The maximum absolute atomic E-state index is 12.9. The smallest absolute Gasteiger partial charge is 0.128 e. The number of nitrogens with two attached hydrogens (primary N) is 1. The van der Waals surface area contributed by atoms with Gasteiger partial charge in [0.2, 0.25) is 0 Å². The van der Waals surface area contributed by atoms with Gasteiger partial charge in [0.15, 0.2) is 0 Å². The van der Waals surface area contributed by atoms with Crippen molar-refractivity contribution in [1.82, 2.24) is 0 Å². The average Bonchev–Trinajstić information content (AvgIpc) is 2.28. The zero-order valence-corrected chi connectivity index (χ0v) is 7.61. The van der Waals surface area contributed by atoms with Gasteiger partial charge in [-0.25, -0.2) is 4.39 Å². The lowest BCUT2D eigenvalue weighted by Crippen LogP contribution is -2.28. The van der Waals surface area contributed by atoms with E-state index in [4.69, 9.17) is 10.5 Å². The lowest BCUT2D eigenvalue weighted by Gasteiger charge is -2.15. The zero-order valence-electron chi connectivity index (χ0n) is 7.61. The highest BCUT2D eigenvalue weighted by Crippen LogP contribution is 2.31. The molecule has 14 heavy (non-hydrogen) atoms. The van der Waals surface area contributed by atoms with Crippen LogP contribution in [0, 0.1) is 5.82 Å². The molecule has 1 aromatic carbocycles.